The Morgan fingerprint density at radius 1 is 0.727 bits per heavy atom. The number of carbonyl (C=O) groups is 1. The molecule has 136 valence electrons. The standard InChI is InChI=1S/C18H39O2P.H2O/c1-6-10-14-21(15-11-7-2,16-12-8-3,17-13-9-4)20-18(5)19;/h6-17H2,1-5H3;1H2. The minimum atomic E-state index is -2.33. The molecule has 3 nitrogen and oxygen atoms in total. The van der Waals surface area contributed by atoms with E-state index in [0.29, 0.717) is 0 Å². The van der Waals surface area contributed by atoms with E-state index in [1.165, 1.54) is 76.0 Å². The fraction of sp³-hybridized carbons (Fsp3) is 0.944. The number of unbranched alkanes of at least 4 members (excludes halogenated alkanes) is 4. The molecule has 0 fully saturated rings. The van der Waals surface area contributed by atoms with E-state index in [-0.39, 0.29) is 11.4 Å². The fourth-order valence-corrected chi connectivity index (χ4v) is 10.3. The van der Waals surface area contributed by atoms with Gasteiger partial charge in [0.2, 0.25) is 0 Å². The van der Waals surface area contributed by atoms with Crippen molar-refractivity contribution < 1.29 is 14.8 Å². The van der Waals surface area contributed by atoms with Gasteiger partial charge in [-0.05, 0) is 0 Å². The van der Waals surface area contributed by atoms with E-state index in [9.17, 15) is 4.79 Å². The summed E-state index contributed by atoms with van der Waals surface area (Å²) in [7, 11) is 0. The van der Waals surface area contributed by atoms with Crippen LogP contribution in [-0.4, -0.2) is 36.1 Å². The Morgan fingerprint density at radius 2 is 1.00 bits per heavy atom. The van der Waals surface area contributed by atoms with Crippen LogP contribution in [0.1, 0.15) is 86.0 Å². The van der Waals surface area contributed by atoms with Crippen LogP contribution in [0.4, 0.5) is 0 Å². The Labute approximate surface area is 138 Å². The van der Waals surface area contributed by atoms with Gasteiger partial charge < -0.3 is 5.48 Å². The summed E-state index contributed by atoms with van der Waals surface area (Å²) in [5.41, 5.74) is 0. The first-order valence-corrected chi connectivity index (χ1v) is 12.1. The second-order valence-electron chi connectivity index (χ2n) is 6.75. The Hall–Kier alpha value is -0.140. The molecule has 0 aromatic rings. The van der Waals surface area contributed by atoms with E-state index in [1.54, 1.807) is 6.92 Å². The Kier molecular flexibility index (Phi) is 13.5. The molecular weight excluding hydrogens is 295 g/mol. The summed E-state index contributed by atoms with van der Waals surface area (Å²) in [6, 6.07) is 0. The van der Waals surface area contributed by atoms with Gasteiger partial charge in [-0.1, -0.05) is 0 Å². The maximum atomic E-state index is 11.9. The van der Waals surface area contributed by atoms with Crippen LogP contribution in [0.3, 0.4) is 0 Å². The van der Waals surface area contributed by atoms with Gasteiger partial charge in [0.05, 0.1) is 0 Å². The minimum Gasteiger partial charge on any atom is -0.412 e. The van der Waals surface area contributed by atoms with Gasteiger partial charge in [-0.15, -0.1) is 0 Å². The Bertz CT molecular complexity index is 249. The molecule has 0 atom stereocenters. The maximum Gasteiger partial charge on any atom is -0.412 e. The molecule has 0 aliphatic carbocycles. The zero-order valence-corrected chi connectivity index (χ0v) is 16.6. The van der Waals surface area contributed by atoms with Crippen molar-refractivity contribution in [3.8, 4) is 0 Å². The zero-order valence-electron chi connectivity index (χ0n) is 15.7. The van der Waals surface area contributed by atoms with E-state index < -0.39 is 6.83 Å². The summed E-state index contributed by atoms with van der Waals surface area (Å²) in [6.07, 6.45) is 14.3. The third kappa shape index (κ3) is 7.92. The van der Waals surface area contributed by atoms with E-state index in [2.05, 4.69) is 27.7 Å². The van der Waals surface area contributed by atoms with Crippen LogP contribution in [0.15, 0.2) is 0 Å². The molecule has 0 heterocycles. The van der Waals surface area contributed by atoms with Gasteiger partial charge in [0.25, 0.3) is 0 Å². The average molecular weight is 336 g/mol. The molecular formula is C18H41O3P. The second-order valence-corrected chi connectivity index (χ2v) is 12.4. The molecule has 0 saturated heterocycles. The molecule has 0 rings (SSSR count). The van der Waals surface area contributed by atoms with Crippen molar-refractivity contribution >= 4 is 12.8 Å². The summed E-state index contributed by atoms with van der Waals surface area (Å²) in [5.74, 6) is -0.0351. The number of rotatable bonds is 13. The summed E-state index contributed by atoms with van der Waals surface area (Å²) in [4.78, 5) is 11.9. The van der Waals surface area contributed by atoms with Crippen LogP contribution >= 0.6 is 6.83 Å². The summed E-state index contributed by atoms with van der Waals surface area (Å²) in [5, 5.41) is 0. The van der Waals surface area contributed by atoms with Crippen molar-refractivity contribution in [2.24, 2.45) is 0 Å². The normalized spacial score (nSPS) is 13.0. The average Bonchev–Trinajstić information content (AvgIpc) is 2.47. The fourth-order valence-electron chi connectivity index (χ4n) is 3.45. The van der Waals surface area contributed by atoms with Crippen LogP contribution in [0, 0.1) is 0 Å². The third-order valence-electron chi connectivity index (χ3n) is 4.70. The molecule has 0 spiro atoms. The molecule has 0 amide bonds. The van der Waals surface area contributed by atoms with Gasteiger partial charge in [-0.2, -0.15) is 0 Å². The Morgan fingerprint density at radius 3 is 1.18 bits per heavy atom. The first-order valence-electron chi connectivity index (χ1n) is 9.18. The van der Waals surface area contributed by atoms with Gasteiger partial charge in [0.1, 0.15) is 0 Å². The van der Waals surface area contributed by atoms with E-state index in [4.69, 9.17) is 4.52 Å². The molecule has 0 aromatic carbocycles. The SMILES string of the molecule is CCCCP(CCCC)(CCCC)(CCCC)OC(C)=O.O. The van der Waals surface area contributed by atoms with Crippen LogP contribution in [0.25, 0.3) is 0 Å². The van der Waals surface area contributed by atoms with Crippen molar-refractivity contribution in [3.63, 3.8) is 0 Å². The molecule has 0 aliphatic heterocycles. The van der Waals surface area contributed by atoms with Gasteiger partial charge in [0.15, 0.2) is 0 Å². The molecule has 0 unspecified atom stereocenters. The minimum absolute atomic E-state index is 0. The first kappa shape index (κ1) is 24.1. The summed E-state index contributed by atoms with van der Waals surface area (Å²) >= 11 is 0. The predicted molar refractivity (Wildman–Crippen MR) is 101 cm³/mol. The van der Waals surface area contributed by atoms with Gasteiger partial charge in [0, 0.05) is 0 Å². The van der Waals surface area contributed by atoms with Crippen molar-refractivity contribution in [3.05, 3.63) is 0 Å². The largest absolute Gasteiger partial charge is 0.412 e. The van der Waals surface area contributed by atoms with Gasteiger partial charge in [-0.25, -0.2) is 0 Å². The van der Waals surface area contributed by atoms with E-state index in [0.717, 1.165) is 0 Å². The molecule has 0 saturated carbocycles. The number of hydrogen-bond acceptors (Lipinski definition) is 2. The van der Waals surface area contributed by atoms with Crippen molar-refractivity contribution in [2.45, 2.75) is 86.0 Å². The zero-order chi connectivity index (χ0) is 16.2. The van der Waals surface area contributed by atoms with Gasteiger partial charge in [-0.3, -0.25) is 0 Å². The van der Waals surface area contributed by atoms with Crippen molar-refractivity contribution in [2.75, 3.05) is 24.6 Å². The molecule has 0 radical (unpaired) electrons. The molecule has 4 heteroatoms. The molecule has 2 N–H and O–H groups in total. The predicted octanol–water partition coefficient (Wildman–Crippen LogP) is 5.39. The van der Waals surface area contributed by atoms with E-state index in [1.807, 2.05) is 0 Å². The van der Waals surface area contributed by atoms with Crippen LogP contribution < -0.4 is 0 Å². The third-order valence-corrected chi connectivity index (χ3v) is 11.3. The van der Waals surface area contributed by atoms with Crippen LogP contribution in [0.2, 0.25) is 0 Å². The smallest absolute Gasteiger partial charge is 0.412 e. The van der Waals surface area contributed by atoms with Crippen LogP contribution in [0.5, 0.6) is 0 Å². The van der Waals surface area contributed by atoms with Crippen molar-refractivity contribution in [1.82, 2.24) is 0 Å². The second kappa shape index (κ2) is 12.3. The van der Waals surface area contributed by atoms with E-state index >= 15 is 0 Å². The first-order chi connectivity index (χ1) is 9.97. The molecule has 0 bridgehead atoms. The van der Waals surface area contributed by atoms with Gasteiger partial charge >= 0.3 is 133 Å². The number of hydrogen-bond donors (Lipinski definition) is 0. The van der Waals surface area contributed by atoms with Crippen LogP contribution in [-0.2, 0) is 9.32 Å². The maximum absolute atomic E-state index is 11.9. The van der Waals surface area contributed by atoms with Crippen molar-refractivity contribution in [1.29, 1.82) is 0 Å². The summed E-state index contributed by atoms with van der Waals surface area (Å²) < 4.78 is 6.33. The summed E-state index contributed by atoms with van der Waals surface area (Å²) in [6.45, 7) is 8.29. The molecule has 0 aromatic heterocycles. The molecule has 22 heavy (non-hydrogen) atoms. The number of carbonyl (C=O) groups excluding carboxylic acids is 1. The topological polar surface area (TPSA) is 57.8 Å². The monoisotopic (exact) mass is 336 g/mol. The Balaban J connectivity index is 0. The quantitative estimate of drug-likeness (QED) is 0.423. The molecule has 0 aliphatic rings.